The van der Waals surface area contributed by atoms with E-state index in [-0.39, 0.29) is 16.9 Å². The van der Waals surface area contributed by atoms with Gasteiger partial charge >= 0.3 is 5.97 Å². The van der Waals surface area contributed by atoms with Crippen molar-refractivity contribution in [1.29, 1.82) is 0 Å². The van der Waals surface area contributed by atoms with E-state index in [9.17, 15) is 9.59 Å². The maximum Gasteiger partial charge on any atom is 0.313 e. The molecule has 1 aromatic rings. The summed E-state index contributed by atoms with van der Waals surface area (Å²) in [5.74, 6) is 0.354. The summed E-state index contributed by atoms with van der Waals surface area (Å²) in [5.41, 5.74) is 3.22. The van der Waals surface area contributed by atoms with Gasteiger partial charge in [-0.25, -0.2) is 0 Å². The summed E-state index contributed by atoms with van der Waals surface area (Å²) in [7, 11) is -2.18. The van der Waals surface area contributed by atoms with E-state index in [0.717, 1.165) is 24.0 Å². The van der Waals surface area contributed by atoms with Crippen LogP contribution in [0.15, 0.2) is 12.1 Å². The molecule has 0 atom stereocenters. The first-order valence-electron chi connectivity index (χ1n) is 8.39. The second-order valence-corrected chi connectivity index (χ2v) is 12.5. The predicted octanol–water partition coefficient (Wildman–Crippen LogP) is 4.78. The maximum atomic E-state index is 11.8. The topological polar surface area (TPSA) is 46.5 Å². The van der Waals surface area contributed by atoms with Crippen molar-refractivity contribution in [3.63, 3.8) is 0 Å². The number of carbonyl (C=O) groups excluding carboxylic acids is 1. The lowest BCUT2D eigenvalue weighted by atomic mass is 9.98. The maximum absolute atomic E-state index is 11.8. The predicted molar refractivity (Wildman–Crippen MR) is 98.5 cm³/mol. The van der Waals surface area contributed by atoms with Crippen LogP contribution in [-0.4, -0.2) is 19.1 Å². The minimum Gasteiger partial charge on any atom is -0.432 e. The molecule has 0 fully saturated rings. The molecule has 130 valence electrons. The normalized spacial score (nSPS) is 12.6. The third kappa shape index (κ3) is 5.18. The van der Waals surface area contributed by atoms with Gasteiger partial charge in [-0.2, -0.15) is 0 Å². The first-order chi connectivity index (χ1) is 10.3. The number of ether oxygens (including phenoxy) is 1. The number of hydrogen-bond donors (Lipinski definition) is 1. The van der Waals surface area contributed by atoms with Crippen molar-refractivity contribution >= 4 is 14.3 Å². The standard InChI is InChI=1S/C19H32O3Si/c1-13(2)18(20)22-17-14(3)11-16(12-15(17)4)9-10-19(5,6)23(7,8)21/h11-13,21H,9-10H2,1-8H3. The van der Waals surface area contributed by atoms with E-state index in [0.29, 0.717) is 5.75 Å². The van der Waals surface area contributed by atoms with Crippen LogP contribution in [0, 0.1) is 19.8 Å². The van der Waals surface area contributed by atoms with Crippen molar-refractivity contribution in [2.75, 3.05) is 0 Å². The lowest BCUT2D eigenvalue weighted by Crippen LogP contribution is -2.39. The molecule has 0 bridgehead atoms. The van der Waals surface area contributed by atoms with Crippen molar-refractivity contribution < 1.29 is 14.3 Å². The summed E-state index contributed by atoms with van der Waals surface area (Å²) in [6.45, 7) is 15.9. The van der Waals surface area contributed by atoms with E-state index >= 15 is 0 Å². The fourth-order valence-electron chi connectivity index (χ4n) is 2.33. The van der Waals surface area contributed by atoms with Gasteiger partial charge in [0.1, 0.15) is 5.75 Å². The molecule has 0 radical (unpaired) electrons. The molecule has 0 saturated heterocycles. The molecule has 0 aliphatic carbocycles. The quantitative estimate of drug-likeness (QED) is 0.462. The Morgan fingerprint density at radius 1 is 1.22 bits per heavy atom. The third-order valence-electron chi connectivity index (χ3n) is 4.89. The first-order valence-corrected chi connectivity index (χ1v) is 11.3. The summed E-state index contributed by atoms with van der Waals surface area (Å²) in [6.07, 6.45) is 1.87. The number of aryl methyl sites for hydroxylation is 3. The highest BCUT2D eigenvalue weighted by atomic mass is 28.4. The summed E-state index contributed by atoms with van der Waals surface area (Å²) in [5, 5.41) is -0.0302. The van der Waals surface area contributed by atoms with Gasteiger partial charge in [-0.3, -0.25) is 4.79 Å². The highest BCUT2D eigenvalue weighted by molar-refractivity contribution is 6.72. The average Bonchev–Trinajstić information content (AvgIpc) is 2.39. The zero-order chi connectivity index (χ0) is 18.0. The van der Waals surface area contributed by atoms with Gasteiger partial charge in [-0.15, -0.1) is 0 Å². The third-order valence-corrected chi connectivity index (χ3v) is 8.45. The summed E-state index contributed by atoms with van der Waals surface area (Å²) < 4.78 is 5.52. The summed E-state index contributed by atoms with van der Waals surface area (Å²) in [6, 6.07) is 4.19. The Morgan fingerprint density at radius 2 is 1.70 bits per heavy atom. The van der Waals surface area contributed by atoms with Crippen LogP contribution in [0.1, 0.15) is 50.8 Å². The van der Waals surface area contributed by atoms with Crippen molar-refractivity contribution in [2.24, 2.45) is 5.92 Å². The highest BCUT2D eigenvalue weighted by Crippen LogP contribution is 2.40. The molecule has 0 unspecified atom stereocenters. The van der Waals surface area contributed by atoms with Gasteiger partial charge in [0.05, 0.1) is 5.92 Å². The van der Waals surface area contributed by atoms with Gasteiger partial charge in [0.2, 0.25) is 0 Å². The van der Waals surface area contributed by atoms with Crippen molar-refractivity contribution in [1.82, 2.24) is 0 Å². The molecule has 1 N–H and O–H groups in total. The summed E-state index contributed by atoms with van der Waals surface area (Å²) >= 11 is 0. The van der Waals surface area contributed by atoms with Crippen LogP contribution >= 0.6 is 0 Å². The molecule has 0 amide bonds. The molecule has 0 aliphatic heterocycles. The van der Waals surface area contributed by atoms with Gasteiger partial charge in [0.25, 0.3) is 0 Å². The first kappa shape index (κ1) is 19.9. The zero-order valence-electron chi connectivity index (χ0n) is 15.9. The van der Waals surface area contributed by atoms with Crippen LogP contribution in [0.3, 0.4) is 0 Å². The Morgan fingerprint density at radius 3 is 2.09 bits per heavy atom. The average molecular weight is 337 g/mol. The van der Waals surface area contributed by atoms with Gasteiger partial charge in [0, 0.05) is 0 Å². The SMILES string of the molecule is Cc1cc(CCC(C)(C)[Si](C)(C)O)cc(C)c1OC(=O)C(C)C. The second-order valence-electron chi connectivity index (χ2n) is 8.08. The molecule has 1 rings (SSSR count). The fourth-order valence-corrected chi connectivity index (χ4v) is 3.06. The van der Waals surface area contributed by atoms with Crippen LogP contribution in [0.4, 0.5) is 0 Å². The van der Waals surface area contributed by atoms with E-state index in [4.69, 9.17) is 4.74 Å². The van der Waals surface area contributed by atoms with E-state index < -0.39 is 8.32 Å². The van der Waals surface area contributed by atoms with Gasteiger partial charge < -0.3 is 9.53 Å². The van der Waals surface area contributed by atoms with Gasteiger partial charge in [-0.05, 0) is 61.5 Å². The largest absolute Gasteiger partial charge is 0.432 e. The van der Waals surface area contributed by atoms with E-state index in [2.05, 4.69) is 26.0 Å². The number of carbonyl (C=O) groups is 1. The molecular formula is C19H32O3Si. The van der Waals surface area contributed by atoms with E-state index in [1.807, 2.05) is 40.8 Å². The minimum absolute atomic E-state index is 0.0302. The molecular weight excluding hydrogens is 304 g/mol. The number of benzene rings is 1. The Labute approximate surface area is 142 Å². The lowest BCUT2D eigenvalue weighted by molar-refractivity contribution is -0.137. The molecule has 0 heterocycles. The molecule has 23 heavy (non-hydrogen) atoms. The Kier molecular flexibility index (Phi) is 6.22. The molecule has 1 aromatic carbocycles. The van der Waals surface area contributed by atoms with Crippen molar-refractivity contribution in [2.45, 2.75) is 72.5 Å². The Bertz CT molecular complexity index is 545. The second kappa shape index (κ2) is 7.18. The Hall–Kier alpha value is -1.13. The van der Waals surface area contributed by atoms with Gasteiger partial charge in [-0.1, -0.05) is 39.8 Å². The van der Waals surface area contributed by atoms with Crippen LogP contribution in [0.2, 0.25) is 18.1 Å². The van der Waals surface area contributed by atoms with E-state index in [1.165, 1.54) is 5.56 Å². The summed E-state index contributed by atoms with van der Waals surface area (Å²) in [4.78, 5) is 22.2. The molecule has 0 spiro atoms. The Balaban J connectivity index is 2.91. The minimum atomic E-state index is -2.18. The molecule has 0 saturated carbocycles. The smallest absolute Gasteiger partial charge is 0.313 e. The molecule has 0 aromatic heterocycles. The number of hydrogen-bond acceptors (Lipinski definition) is 3. The fraction of sp³-hybridized carbons (Fsp3) is 0.632. The zero-order valence-corrected chi connectivity index (χ0v) is 16.9. The van der Waals surface area contributed by atoms with Crippen LogP contribution in [0.5, 0.6) is 5.75 Å². The highest BCUT2D eigenvalue weighted by Gasteiger charge is 2.37. The lowest BCUT2D eigenvalue weighted by Gasteiger charge is -2.35. The number of esters is 1. The molecule has 0 aliphatic rings. The molecule has 4 heteroatoms. The number of rotatable bonds is 6. The van der Waals surface area contributed by atoms with Crippen LogP contribution < -0.4 is 4.74 Å². The monoisotopic (exact) mass is 336 g/mol. The van der Waals surface area contributed by atoms with Crippen molar-refractivity contribution in [3.05, 3.63) is 28.8 Å². The van der Waals surface area contributed by atoms with Crippen molar-refractivity contribution in [3.8, 4) is 5.75 Å². The van der Waals surface area contributed by atoms with Gasteiger partial charge in [0.15, 0.2) is 8.32 Å². The van der Waals surface area contributed by atoms with E-state index in [1.54, 1.807) is 0 Å². The van der Waals surface area contributed by atoms with Crippen LogP contribution in [-0.2, 0) is 11.2 Å². The van der Waals surface area contributed by atoms with Crippen LogP contribution in [0.25, 0.3) is 0 Å². The molecule has 3 nitrogen and oxygen atoms in total.